The van der Waals surface area contributed by atoms with Crippen LogP contribution in [0, 0.1) is 0 Å². The number of nitrogens with one attached hydrogen (secondary N) is 1. The predicted molar refractivity (Wildman–Crippen MR) is 139 cm³/mol. The number of hydrogen-bond donors (Lipinski definition) is 1. The largest absolute Gasteiger partial charge is 0.487 e. The number of thiophene rings is 1. The molecule has 2 amide bonds. The molecule has 182 valence electrons. The molecule has 2 aromatic heterocycles. The summed E-state index contributed by atoms with van der Waals surface area (Å²) in [5.41, 5.74) is 2.23. The van der Waals surface area contributed by atoms with E-state index < -0.39 is 0 Å². The van der Waals surface area contributed by atoms with Crippen LogP contribution in [0.15, 0.2) is 89.9 Å². The third kappa shape index (κ3) is 5.23. The van der Waals surface area contributed by atoms with E-state index in [1.807, 2.05) is 66.7 Å². The average molecular weight is 500 g/mol. The Hall–Kier alpha value is -4.17. The second-order valence-electron chi connectivity index (χ2n) is 8.47. The quantitative estimate of drug-likeness (QED) is 0.429. The summed E-state index contributed by atoms with van der Waals surface area (Å²) in [6.07, 6.45) is 1.43. The summed E-state index contributed by atoms with van der Waals surface area (Å²) in [5, 5.41) is 0. The second-order valence-corrected chi connectivity index (χ2v) is 9.52. The van der Waals surface area contributed by atoms with Crippen molar-refractivity contribution < 1.29 is 14.3 Å². The Morgan fingerprint density at radius 1 is 0.833 bits per heavy atom. The molecule has 1 fully saturated rings. The van der Waals surface area contributed by atoms with Crippen molar-refractivity contribution in [3.63, 3.8) is 0 Å². The first-order valence-corrected chi connectivity index (χ1v) is 12.5. The molecule has 0 saturated carbocycles. The van der Waals surface area contributed by atoms with Crippen molar-refractivity contribution in [1.29, 1.82) is 0 Å². The van der Waals surface area contributed by atoms with Gasteiger partial charge in [-0.05, 0) is 23.3 Å². The molecule has 0 atom stereocenters. The Kier molecular flexibility index (Phi) is 6.95. The van der Waals surface area contributed by atoms with Gasteiger partial charge in [-0.2, -0.15) is 0 Å². The van der Waals surface area contributed by atoms with Crippen LogP contribution >= 0.6 is 11.3 Å². The molecule has 4 aromatic rings. The minimum absolute atomic E-state index is 0.0959. The first-order chi connectivity index (χ1) is 17.6. The van der Waals surface area contributed by atoms with Crippen molar-refractivity contribution in [2.75, 3.05) is 26.2 Å². The number of aromatic nitrogens is 1. The zero-order chi connectivity index (χ0) is 24.9. The van der Waals surface area contributed by atoms with Gasteiger partial charge >= 0.3 is 0 Å². The number of hydrogen-bond acceptors (Lipinski definition) is 5. The Morgan fingerprint density at radius 3 is 2.11 bits per heavy atom. The number of carbonyl (C=O) groups excluding carboxylic acids is 2. The van der Waals surface area contributed by atoms with Crippen LogP contribution in [0.25, 0.3) is 10.4 Å². The SMILES string of the molecule is O=C(c1ccc(=O)[nH]c1)N1CCN(C(=O)c2sc(-c3ccccc3)cc2OCc2ccccc2)CC1. The van der Waals surface area contributed by atoms with Gasteiger partial charge in [0.2, 0.25) is 5.56 Å². The van der Waals surface area contributed by atoms with Crippen LogP contribution in [0.5, 0.6) is 5.75 Å². The molecule has 36 heavy (non-hydrogen) atoms. The summed E-state index contributed by atoms with van der Waals surface area (Å²) in [4.78, 5) is 45.2. The van der Waals surface area contributed by atoms with Crippen molar-refractivity contribution >= 4 is 23.2 Å². The van der Waals surface area contributed by atoms with Crippen LogP contribution in [-0.2, 0) is 6.61 Å². The van der Waals surface area contributed by atoms with E-state index in [2.05, 4.69) is 4.98 Å². The van der Waals surface area contributed by atoms with Gasteiger partial charge in [0, 0.05) is 43.3 Å². The number of aromatic amines is 1. The van der Waals surface area contributed by atoms with Crippen LogP contribution in [0.1, 0.15) is 25.6 Å². The predicted octanol–water partition coefficient (Wildman–Crippen LogP) is 4.28. The molecular formula is C28H25N3O4S. The van der Waals surface area contributed by atoms with E-state index in [-0.39, 0.29) is 17.4 Å². The highest BCUT2D eigenvalue weighted by Crippen LogP contribution is 2.37. The van der Waals surface area contributed by atoms with Crippen LogP contribution < -0.4 is 10.3 Å². The standard InChI is InChI=1S/C28H25N3O4S/c32-25-12-11-22(18-29-25)27(33)30-13-15-31(16-14-30)28(34)26-23(35-19-20-7-3-1-4-8-20)17-24(36-26)21-9-5-2-6-10-21/h1-12,17-18H,13-16,19H2,(H,29,32). The number of carbonyl (C=O) groups is 2. The van der Waals surface area contributed by atoms with E-state index >= 15 is 0 Å². The van der Waals surface area contributed by atoms with Crippen LogP contribution in [0.4, 0.5) is 0 Å². The smallest absolute Gasteiger partial charge is 0.267 e. The molecule has 1 aliphatic rings. The number of pyridine rings is 1. The van der Waals surface area contributed by atoms with Crippen molar-refractivity contribution in [2.45, 2.75) is 6.61 Å². The normalized spacial score (nSPS) is 13.4. The summed E-state index contributed by atoms with van der Waals surface area (Å²) in [6.45, 7) is 2.05. The Morgan fingerprint density at radius 2 is 1.47 bits per heavy atom. The van der Waals surface area contributed by atoms with Crippen molar-refractivity contribution in [3.05, 3.63) is 111 Å². The second kappa shape index (κ2) is 10.6. The summed E-state index contributed by atoms with van der Waals surface area (Å²) in [7, 11) is 0. The molecule has 1 saturated heterocycles. The van der Waals surface area contributed by atoms with Gasteiger partial charge in [0.05, 0.1) is 5.56 Å². The third-order valence-corrected chi connectivity index (χ3v) is 7.23. The van der Waals surface area contributed by atoms with E-state index in [4.69, 9.17) is 4.74 Å². The van der Waals surface area contributed by atoms with E-state index in [1.165, 1.54) is 29.7 Å². The molecular weight excluding hydrogens is 474 g/mol. The number of nitrogens with zero attached hydrogens (tertiary/aromatic N) is 2. The maximum absolute atomic E-state index is 13.6. The molecule has 0 radical (unpaired) electrons. The van der Waals surface area contributed by atoms with E-state index in [0.717, 1.165) is 16.0 Å². The molecule has 5 rings (SSSR count). The number of piperazine rings is 1. The van der Waals surface area contributed by atoms with Crippen molar-refractivity contribution in [3.8, 4) is 16.2 Å². The van der Waals surface area contributed by atoms with Crippen LogP contribution in [0.3, 0.4) is 0 Å². The number of amides is 2. The summed E-state index contributed by atoms with van der Waals surface area (Å²) >= 11 is 1.42. The Bertz CT molecular complexity index is 1390. The molecule has 2 aromatic carbocycles. The molecule has 8 heteroatoms. The first kappa shape index (κ1) is 23.6. The summed E-state index contributed by atoms with van der Waals surface area (Å²) in [6, 6.07) is 24.6. The minimum atomic E-state index is -0.252. The van der Waals surface area contributed by atoms with Gasteiger partial charge in [-0.15, -0.1) is 11.3 Å². The highest BCUT2D eigenvalue weighted by Gasteiger charge is 2.29. The summed E-state index contributed by atoms with van der Waals surface area (Å²) < 4.78 is 6.13. The zero-order valence-corrected chi connectivity index (χ0v) is 20.4. The van der Waals surface area contributed by atoms with Gasteiger partial charge in [0.15, 0.2) is 0 Å². The highest BCUT2D eigenvalue weighted by atomic mass is 32.1. The van der Waals surface area contributed by atoms with Gasteiger partial charge < -0.3 is 19.5 Å². The Labute approximate surface area is 212 Å². The van der Waals surface area contributed by atoms with E-state index in [0.29, 0.717) is 49.0 Å². The topological polar surface area (TPSA) is 82.7 Å². The molecule has 0 spiro atoms. The lowest BCUT2D eigenvalue weighted by Crippen LogP contribution is -2.50. The first-order valence-electron chi connectivity index (χ1n) is 11.7. The van der Waals surface area contributed by atoms with E-state index in [1.54, 1.807) is 9.80 Å². The highest BCUT2D eigenvalue weighted by molar-refractivity contribution is 7.17. The lowest BCUT2D eigenvalue weighted by molar-refractivity contribution is 0.0535. The minimum Gasteiger partial charge on any atom is -0.487 e. The monoisotopic (exact) mass is 499 g/mol. The fourth-order valence-corrected chi connectivity index (χ4v) is 5.17. The fourth-order valence-electron chi connectivity index (χ4n) is 4.09. The van der Waals surface area contributed by atoms with Crippen molar-refractivity contribution in [2.24, 2.45) is 0 Å². The molecule has 0 aliphatic carbocycles. The fraction of sp³-hybridized carbons (Fsp3) is 0.179. The molecule has 0 bridgehead atoms. The van der Waals surface area contributed by atoms with Gasteiger partial charge in [0.25, 0.3) is 11.8 Å². The van der Waals surface area contributed by atoms with E-state index in [9.17, 15) is 14.4 Å². The number of rotatable bonds is 6. The van der Waals surface area contributed by atoms with Crippen molar-refractivity contribution in [1.82, 2.24) is 14.8 Å². The number of benzene rings is 2. The molecule has 3 heterocycles. The third-order valence-electron chi connectivity index (χ3n) is 6.07. The van der Waals surface area contributed by atoms with Gasteiger partial charge in [-0.1, -0.05) is 60.7 Å². The lowest BCUT2D eigenvalue weighted by Gasteiger charge is -2.34. The maximum Gasteiger partial charge on any atom is 0.267 e. The van der Waals surface area contributed by atoms with Gasteiger partial charge in [0.1, 0.15) is 17.2 Å². The lowest BCUT2D eigenvalue weighted by atomic mass is 10.2. The maximum atomic E-state index is 13.6. The zero-order valence-electron chi connectivity index (χ0n) is 19.6. The number of H-pyrrole nitrogens is 1. The molecule has 1 N–H and O–H groups in total. The molecule has 7 nitrogen and oxygen atoms in total. The Balaban J connectivity index is 1.32. The number of ether oxygens (including phenoxy) is 1. The summed E-state index contributed by atoms with van der Waals surface area (Å²) in [5.74, 6) is 0.313. The molecule has 0 unspecified atom stereocenters. The van der Waals surface area contributed by atoms with Crippen LogP contribution in [-0.4, -0.2) is 52.8 Å². The van der Waals surface area contributed by atoms with Gasteiger partial charge in [-0.3, -0.25) is 14.4 Å². The average Bonchev–Trinajstić information content (AvgIpc) is 3.37. The van der Waals surface area contributed by atoms with Gasteiger partial charge in [-0.25, -0.2) is 0 Å². The molecule has 1 aliphatic heterocycles. The van der Waals surface area contributed by atoms with Crippen LogP contribution in [0.2, 0.25) is 0 Å².